The maximum absolute atomic E-state index is 12.8. The number of anilines is 1. The molecule has 174 valence electrons. The molecule has 3 heterocycles. The number of aromatic nitrogens is 4. The summed E-state index contributed by atoms with van der Waals surface area (Å²) >= 11 is 0. The Hall–Kier alpha value is -3.94. The van der Waals surface area contributed by atoms with Gasteiger partial charge in [0.05, 0.1) is 18.2 Å². The van der Waals surface area contributed by atoms with Crippen LogP contribution in [0.2, 0.25) is 0 Å². The van der Waals surface area contributed by atoms with E-state index in [0.29, 0.717) is 12.2 Å². The Kier molecular flexibility index (Phi) is 6.12. The molecule has 34 heavy (non-hydrogen) atoms. The number of piperidine rings is 1. The number of aryl methyl sites for hydroxylation is 1. The number of amides is 1. The number of benzene rings is 2. The summed E-state index contributed by atoms with van der Waals surface area (Å²) in [6.45, 7) is 4.09. The molecule has 0 unspecified atom stereocenters. The molecule has 1 N–H and O–H groups in total. The van der Waals surface area contributed by atoms with Crippen LogP contribution >= 0.6 is 0 Å². The van der Waals surface area contributed by atoms with Crippen molar-refractivity contribution in [2.24, 2.45) is 5.92 Å². The zero-order chi connectivity index (χ0) is 23.5. The highest BCUT2D eigenvalue weighted by molar-refractivity contribution is 5.87. The lowest BCUT2D eigenvalue weighted by Gasteiger charge is -2.32. The number of ether oxygens (including phenoxy) is 1. The second kappa shape index (κ2) is 9.51. The predicted molar refractivity (Wildman–Crippen MR) is 131 cm³/mol. The Balaban J connectivity index is 1.24. The zero-order valence-corrected chi connectivity index (χ0v) is 19.4. The summed E-state index contributed by atoms with van der Waals surface area (Å²) in [5, 5.41) is 8.64. The van der Waals surface area contributed by atoms with Crippen molar-refractivity contribution in [3.8, 4) is 11.4 Å². The van der Waals surface area contributed by atoms with Crippen LogP contribution < -0.4 is 15.0 Å². The predicted octanol–water partition coefficient (Wildman–Crippen LogP) is 3.67. The fourth-order valence-corrected chi connectivity index (χ4v) is 4.38. The van der Waals surface area contributed by atoms with Crippen LogP contribution in [0.25, 0.3) is 16.7 Å². The van der Waals surface area contributed by atoms with Crippen molar-refractivity contribution in [3.63, 3.8) is 0 Å². The van der Waals surface area contributed by atoms with Gasteiger partial charge in [-0.3, -0.25) is 4.79 Å². The molecule has 0 bridgehead atoms. The number of hydrogen-bond acceptors (Lipinski definition) is 6. The summed E-state index contributed by atoms with van der Waals surface area (Å²) in [6.07, 6.45) is 5.11. The number of rotatable bonds is 6. The molecule has 0 aliphatic carbocycles. The maximum Gasteiger partial charge on any atom is 0.223 e. The van der Waals surface area contributed by atoms with Crippen LogP contribution in [0.5, 0.6) is 5.75 Å². The molecule has 4 aromatic rings. The third-order valence-corrected chi connectivity index (χ3v) is 6.36. The number of fused-ring (bicyclic) bond motifs is 1. The molecular weight excluding hydrogens is 428 g/mol. The van der Waals surface area contributed by atoms with Crippen LogP contribution in [-0.4, -0.2) is 45.9 Å². The van der Waals surface area contributed by atoms with Gasteiger partial charge in [0.2, 0.25) is 5.91 Å². The second-order valence-corrected chi connectivity index (χ2v) is 8.67. The van der Waals surface area contributed by atoms with E-state index >= 15 is 0 Å². The first kappa shape index (κ1) is 21.9. The van der Waals surface area contributed by atoms with Gasteiger partial charge in [0.25, 0.3) is 0 Å². The SMILES string of the molecule is COc1cccc(CNC(=O)C2CCN(c3ncnc4nn(-c5ccc(C)cc5)cc34)CC2)c1. The minimum Gasteiger partial charge on any atom is -0.497 e. The third-order valence-electron chi connectivity index (χ3n) is 6.36. The van der Waals surface area contributed by atoms with E-state index in [-0.39, 0.29) is 11.8 Å². The molecule has 8 heteroatoms. The van der Waals surface area contributed by atoms with Crippen molar-refractivity contribution >= 4 is 22.8 Å². The van der Waals surface area contributed by atoms with E-state index in [1.165, 1.54) is 5.56 Å². The molecule has 0 atom stereocenters. The Bertz CT molecular complexity index is 1290. The molecule has 1 fully saturated rings. The minimum absolute atomic E-state index is 0.00512. The quantitative estimate of drug-likeness (QED) is 0.477. The summed E-state index contributed by atoms with van der Waals surface area (Å²) in [7, 11) is 1.64. The van der Waals surface area contributed by atoms with Crippen LogP contribution in [0.3, 0.4) is 0 Å². The molecule has 1 aliphatic rings. The molecule has 2 aromatic heterocycles. The number of nitrogens with zero attached hydrogens (tertiary/aromatic N) is 5. The fraction of sp³-hybridized carbons (Fsp3) is 0.308. The normalized spacial score (nSPS) is 14.4. The Morgan fingerprint density at radius 3 is 2.68 bits per heavy atom. The molecule has 0 saturated carbocycles. The van der Waals surface area contributed by atoms with E-state index in [2.05, 4.69) is 44.3 Å². The van der Waals surface area contributed by atoms with Gasteiger partial charge in [0, 0.05) is 31.7 Å². The summed E-state index contributed by atoms with van der Waals surface area (Å²) in [4.78, 5) is 23.9. The highest BCUT2D eigenvalue weighted by Gasteiger charge is 2.27. The van der Waals surface area contributed by atoms with E-state index in [1.54, 1.807) is 13.4 Å². The number of hydrogen-bond donors (Lipinski definition) is 1. The van der Waals surface area contributed by atoms with Crippen molar-refractivity contribution in [1.29, 1.82) is 0 Å². The summed E-state index contributed by atoms with van der Waals surface area (Å²) < 4.78 is 7.11. The second-order valence-electron chi connectivity index (χ2n) is 8.67. The van der Waals surface area contributed by atoms with Crippen molar-refractivity contribution in [2.45, 2.75) is 26.3 Å². The number of nitrogens with one attached hydrogen (secondary N) is 1. The van der Waals surface area contributed by atoms with E-state index in [9.17, 15) is 4.79 Å². The van der Waals surface area contributed by atoms with Gasteiger partial charge in [0.1, 0.15) is 17.9 Å². The van der Waals surface area contributed by atoms with Gasteiger partial charge >= 0.3 is 0 Å². The minimum atomic E-state index is -0.00512. The van der Waals surface area contributed by atoms with Crippen molar-refractivity contribution in [3.05, 3.63) is 72.2 Å². The number of carbonyl (C=O) groups is 1. The van der Waals surface area contributed by atoms with Crippen molar-refractivity contribution in [1.82, 2.24) is 25.1 Å². The van der Waals surface area contributed by atoms with Crippen LogP contribution in [-0.2, 0) is 11.3 Å². The molecule has 5 rings (SSSR count). The molecule has 1 aliphatic heterocycles. The lowest BCUT2D eigenvalue weighted by atomic mass is 9.95. The summed E-state index contributed by atoms with van der Waals surface area (Å²) in [5.41, 5.74) is 3.89. The monoisotopic (exact) mass is 456 g/mol. The van der Waals surface area contributed by atoms with Gasteiger partial charge in [-0.2, -0.15) is 0 Å². The van der Waals surface area contributed by atoms with E-state index < -0.39 is 0 Å². The standard InChI is InChI=1S/C26H28N6O2/c1-18-6-8-21(9-7-18)32-16-23-24(30-32)28-17-29-25(23)31-12-10-20(11-13-31)26(33)27-15-19-4-3-5-22(14-19)34-2/h3-9,14,16-17,20H,10-13,15H2,1-2H3,(H,27,33). The summed E-state index contributed by atoms with van der Waals surface area (Å²) in [6, 6.07) is 16.0. The summed E-state index contributed by atoms with van der Waals surface area (Å²) in [5.74, 6) is 1.76. The molecule has 1 saturated heterocycles. The van der Waals surface area contributed by atoms with Crippen LogP contribution in [0.15, 0.2) is 61.1 Å². The Morgan fingerprint density at radius 1 is 1.12 bits per heavy atom. The first-order chi connectivity index (χ1) is 16.6. The maximum atomic E-state index is 12.8. The van der Waals surface area contributed by atoms with E-state index in [0.717, 1.165) is 54.1 Å². The molecule has 0 radical (unpaired) electrons. The van der Waals surface area contributed by atoms with Gasteiger partial charge in [-0.1, -0.05) is 29.8 Å². The molecule has 8 nitrogen and oxygen atoms in total. The van der Waals surface area contributed by atoms with Gasteiger partial charge in [0.15, 0.2) is 5.65 Å². The highest BCUT2D eigenvalue weighted by Crippen LogP contribution is 2.28. The third kappa shape index (κ3) is 4.57. The molecule has 0 spiro atoms. The van der Waals surface area contributed by atoms with Crippen LogP contribution in [0, 0.1) is 12.8 Å². The van der Waals surface area contributed by atoms with Gasteiger partial charge < -0.3 is 15.0 Å². The lowest BCUT2D eigenvalue weighted by molar-refractivity contribution is -0.125. The van der Waals surface area contributed by atoms with Gasteiger partial charge in [-0.15, -0.1) is 5.10 Å². The topological polar surface area (TPSA) is 85.2 Å². The first-order valence-electron chi connectivity index (χ1n) is 11.5. The van der Waals surface area contributed by atoms with Crippen molar-refractivity contribution < 1.29 is 9.53 Å². The fourth-order valence-electron chi connectivity index (χ4n) is 4.38. The first-order valence-corrected chi connectivity index (χ1v) is 11.5. The molecule has 1 amide bonds. The van der Waals surface area contributed by atoms with Crippen LogP contribution in [0.1, 0.15) is 24.0 Å². The average Bonchev–Trinajstić information content (AvgIpc) is 3.32. The Labute approximate surface area is 198 Å². The number of carbonyl (C=O) groups excluding carboxylic acids is 1. The molecule has 2 aromatic carbocycles. The Morgan fingerprint density at radius 2 is 1.91 bits per heavy atom. The zero-order valence-electron chi connectivity index (χ0n) is 19.4. The van der Waals surface area contributed by atoms with E-state index in [4.69, 9.17) is 4.74 Å². The van der Waals surface area contributed by atoms with Crippen LogP contribution in [0.4, 0.5) is 5.82 Å². The number of methoxy groups -OCH3 is 1. The lowest BCUT2D eigenvalue weighted by Crippen LogP contribution is -2.40. The van der Waals surface area contributed by atoms with Gasteiger partial charge in [-0.25, -0.2) is 14.6 Å². The largest absolute Gasteiger partial charge is 0.497 e. The van der Waals surface area contributed by atoms with E-state index in [1.807, 2.05) is 47.3 Å². The van der Waals surface area contributed by atoms with Gasteiger partial charge in [-0.05, 0) is 49.6 Å². The smallest absolute Gasteiger partial charge is 0.223 e. The average molecular weight is 457 g/mol. The highest BCUT2D eigenvalue weighted by atomic mass is 16.5. The van der Waals surface area contributed by atoms with Crippen molar-refractivity contribution in [2.75, 3.05) is 25.1 Å². The molecular formula is C26H28N6O2.